The molecule has 1 aromatic carbocycles. The van der Waals surface area contributed by atoms with Crippen molar-refractivity contribution in [1.82, 2.24) is 4.98 Å². The highest BCUT2D eigenvalue weighted by Crippen LogP contribution is 2.23. The standard InChI is InChI=1S/C13H13ClN2O2S/c1-2-10-3-5-11(6-4-10)19(17,18)16-13-9-15-8-7-12(13)14/h3-9,16H,2H2,1H3. The van der Waals surface area contributed by atoms with Crippen LogP contribution in [0.4, 0.5) is 5.69 Å². The molecule has 2 aromatic rings. The van der Waals surface area contributed by atoms with E-state index in [0.717, 1.165) is 12.0 Å². The van der Waals surface area contributed by atoms with Gasteiger partial charge in [0.15, 0.2) is 0 Å². The first-order chi connectivity index (χ1) is 9.03. The minimum atomic E-state index is -3.64. The molecule has 0 amide bonds. The van der Waals surface area contributed by atoms with Crippen LogP contribution in [0.1, 0.15) is 12.5 Å². The number of hydrogen-bond donors (Lipinski definition) is 1. The number of nitrogens with one attached hydrogen (secondary N) is 1. The molecule has 1 heterocycles. The third kappa shape index (κ3) is 3.24. The van der Waals surface area contributed by atoms with Gasteiger partial charge in [-0.05, 0) is 30.2 Å². The first-order valence-corrected chi connectivity index (χ1v) is 7.60. The zero-order valence-corrected chi connectivity index (χ0v) is 11.9. The first-order valence-electron chi connectivity index (χ1n) is 5.74. The van der Waals surface area contributed by atoms with Crippen molar-refractivity contribution in [2.75, 3.05) is 4.72 Å². The lowest BCUT2D eigenvalue weighted by Gasteiger charge is -2.09. The van der Waals surface area contributed by atoms with E-state index in [1.165, 1.54) is 18.5 Å². The second-order valence-electron chi connectivity index (χ2n) is 3.96. The fourth-order valence-corrected chi connectivity index (χ4v) is 2.83. The smallest absolute Gasteiger partial charge is 0.261 e. The summed E-state index contributed by atoms with van der Waals surface area (Å²) < 4.78 is 26.7. The van der Waals surface area contributed by atoms with Crippen molar-refractivity contribution in [2.45, 2.75) is 18.2 Å². The van der Waals surface area contributed by atoms with Gasteiger partial charge in [0.25, 0.3) is 10.0 Å². The Balaban J connectivity index is 2.30. The Bertz CT molecular complexity index is 669. The minimum Gasteiger partial charge on any atom is -0.277 e. The van der Waals surface area contributed by atoms with Gasteiger partial charge in [-0.15, -0.1) is 0 Å². The Morgan fingerprint density at radius 1 is 1.21 bits per heavy atom. The summed E-state index contributed by atoms with van der Waals surface area (Å²) in [6.45, 7) is 2.01. The number of halogens is 1. The summed E-state index contributed by atoms with van der Waals surface area (Å²) >= 11 is 5.90. The molecule has 0 fully saturated rings. The van der Waals surface area contributed by atoms with Crippen molar-refractivity contribution in [3.05, 3.63) is 53.3 Å². The van der Waals surface area contributed by atoms with Crippen LogP contribution in [0.3, 0.4) is 0 Å². The van der Waals surface area contributed by atoms with Crippen LogP contribution in [-0.2, 0) is 16.4 Å². The molecular weight excluding hydrogens is 284 g/mol. The summed E-state index contributed by atoms with van der Waals surface area (Å²) in [7, 11) is -3.64. The van der Waals surface area contributed by atoms with Crippen molar-refractivity contribution in [2.24, 2.45) is 0 Å². The van der Waals surface area contributed by atoms with E-state index in [1.54, 1.807) is 24.3 Å². The van der Waals surface area contributed by atoms with E-state index in [9.17, 15) is 8.42 Å². The number of nitrogens with zero attached hydrogens (tertiary/aromatic N) is 1. The molecule has 2 rings (SSSR count). The normalized spacial score (nSPS) is 11.3. The Kier molecular flexibility index (Phi) is 4.07. The number of anilines is 1. The average Bonchev–Trinajstić information content (AvgIpc) is 2.41. The van der Waals surface area contributed by atoms with E-state index in [-0.39, 0.29) is 10.6 Å². The highest BCUT2D eigenvalue weighted by Gasteiger charge is 2.15. The lowest BCUT2D eigenvalue weighted by Crippen LogP contribution is -2.13. The molecule has 0 spiro atoms. The van der Waals surface area contributed by atoms with Gasteiger partial charge in [-0.3, -0.25) is 9.71 Å². The van der Waals surface area contributed by atoms with Gasteiger partial charge in [0.1, 0.15) is 0 Å². The van der Waals surface area contributed by atoms with Gasteiger partial charge in [0, 0.05) is 6.20 Å². The van der Waals surface area contributed by atoms with Gasteiger partial charge in [0.2, 0.25) is 0 Å². The Hall–Kier alpha value is -1.59. The fourth-order valence-electron chi connectivity index (χ4n) is 1.56. The zero-order chi connectivity index (χ0) is 13.9. The number of aryl methyl sites for hydroxylation is 1. The van der Waals surface area contributed by atoms with E-state index in [2.05, 4.69) is 9.71 Å². The Morgan fingerprint density at radius 2 is 1.89 bits per heavy atom. The van der Waals surface area contributed by atoms with Crippen molar-refractivity contribution < 1.29 is 8.42 Å². The SMILES string of the molecule is CCc1ccc(S(=O)(=O)Nc2cnccc2Cl)cc1. The predicted octanol–water partition coefficient (Wildman–Crippen LogP) is 3.10. The van der Waals surface area contributed by atoms with Crippen LogP contribution in [0.2, 0.25) is 5.02 Å². The lowest BCUT2D eigenvalue weighted by atomic mass is 10.2. The molecule has 6 heteroatoms. The van der Waals surface area contributed by atoms with Crippen LogP contribution in [0, 0.1) is 0 Å². The van der Waals surface area contributed by atoms with Crippen molar-refractivity contribution in [3.63, 3.8) is 0 Å². The summed E-state index contributed by atoms with van der Waals surface area (Å²) in [4.78, 5) is 4.04. The molecule has 100 valence electrons. The maximum atomic E-state index is 12.2. The molecular formula is C13H13ClN2O2S. The van der Waals surface area contributed by atoms with Crippen LogP contribution in [0.15, 0.2) is 47.6 Å². The fraction of sp³-hybridized carbons (Fsp3) is 0.154. The maximum absolute atomic E-state index is 12.2. The second kappa shape index (κ2) is 5.59. The van der Waals surface area contributed by atoms with Gasteiger partial charge in [-0.2, -0.15) is 0 Å². The molecule has 0 bridgehead atoms. The first kappa shape index (κ1) is 13.8. The molecule has 0 aliphatic heterocycles. The number of rotatable bonds is 4. The van der Waals surface area contributed by atoms with E-state index < -0.39 is 10.0 Å². The molecule has 1 aromatic heterocycles. The van der Waals surface area contributed by atoms with Gasteiger partial charge in [-0.1, -0.05) is 30.7 Å². The van der Waals surface area contributed by atoms with Crippen LogP contribution in [0.5, 0.6) is 0 Å². The Labute approximate surface area is 117 Å². The molecule has 0 saturated carbocycles. The highest BCUT2D eigenvalue weighted by molar-refractivity contribution is 7.92. The van der Waals surface area contributed by atoms with Crippen molar-refractivity contribution in [1.29, 1.82) is 0 Å². The maximum Gasteiger partial charge on any atom is 0.261 e. The second-order valence-corrected chi connectivity index (χ2v) is 6.05. The largest absolute Gasteiger partial charge is 0.277 e. The highest BCUT2D eigenvalue weighted by atomic mass is 35.5. The number of benzene rings is 1. The lowest BCUT2D eigenvalue weighted by molar-refractivity contribution is 0.601. The van der Waals surface area contributed by atoms with Gasteiger partial charge >= 0.3 is 0 Å². The molecule has 0 unspecified atom stereocenters. The summed E-state index contributed by atoms with van der Waals surface area (Å²) in [5, 5.41) is 0.309. The van der Waals surface area contributed by atoms with Gasteiger partial charge in [0.05, 0.1) is 21.8 Å². The van der Waals surface area contributed by atoms with Gasteiger partial charge < -0.3 is 0 Å². The molecule has 4 nitrogen and oxygen atoms in total. The van der Waals surface area contributed by atoms with Crippen LogP contribution >= 0.6 is 11.6 Å². The third-order valence-corrected chi connectivity index (χ3v) is 4.37. The molecule has 19 heavy (non-hydrogen) atoms. The predicted molar refractivity (Wildman–Crippen MR) is 75.9 cm³/mol. The summed E-state index contributed by atoms with van der Waals surface area (Å²) in [5.41, 5.74) is 1.35. The average molecular weight is 297 g/mol. The molecule has 1 N–H and O–H groups in total. The van der Waals surface area contributed by atoms with E-state index >= 15 is 0 Å². The molecule has 0 aliphatic carbocycles. The summed E-state index contributed by atoms with van der Waals surface area (Å²) in [6.07, 6.45) is 3.73. The number of aromatic nitrogens is 1. The van der Waals surface area contributed by atoms with Crippen LogP contribution in [-0.4, -0.2) is 13.4 Å². The van der Waals surface area contributed by atoms with Crippen molar-refractivity contribution in [3.8, 4) is 0 Å². The molecule has 0 saturated heterocycles. The third-order valence-electron chi connectivity index (χ3n) is 2.65. The van der Waals surface area contributed by atoms with E-state index in [4.69, 9.17) is 11.6 Å². The summed E-state index contributed by atoms with van der Waals surface area (Å²) in [5.74, 6) is 0. The monoisotopic (exact) mass is 296 g/mol. The molecule has 0 aliphatic rings. The molecule has 0 atom stereocenters. The summed E-state index contributed by atoms with van der Waals surface area (Å²) in [6, 6.07) is 8.26. The number of sulfonamides is 1. The zero-order valence-electron chi connectivity index (χ0n) is 10.3. The van der Waals surface area contributed by atoms with E-state index in [0.29, 0.717) is 5.02 Å². The van der Waals surface area contributed by atoms with Crippen LogP contribution in [0.25, 0.3) is 0 Å². The number of pyridine rings is 1. The minimum absolute atomic E-state index is 0.199. The van der Waals surface area contributed by atoms with Crippen molar-refractivity contribution >= 4 is 27.3 Å². The van der Waals surface area contributed by atoms with Gasteiger partial charge in [-0.25, -0.2) is 8.42 Å². The quantitative estimate of drug-likeness (QED) is 0.943. The Morgan fingerprint density at radius 3 is 2.47 bits per heavy atom. The topological polar surface area (TPSA) is 59.1 Å². The number of hydrogen-bond acceptors (Lipinski definition) is 3. The van der Waals surface area contributed by atoms with Crippen LogP contribution < -0.4 is 4.72 Å². The molecule has 0 radical (unpaired) electrons. The van der Waals surface area contributed by atoms with E-state index in [1.807, 2.05) is 6.92 Å².